The quantitative estimate of drug-likeness (QED) is 0.694. The molecule has 1 saturated heterocycles. The maximum Gasteiger partial charge on any atom is 0.168 e. The Kier molecular flexibility index (Phi) is 5.68. The van der Waals surface area contributed by atoms with Gasteiger partial charge in [0.2, 0.25) is 0 Å². The fourth-order valence-electron chi connectivity index (χ4n) is 2.17. The van der Waals surface area contributed by atoms with Crippen molar-refractivity contribution in [2.75, 3.05) is 0 Å². The molecule has 1 fully saturated rings. The van der Waals surface area contributed by atoms with Crippen molar-refractivity contribution in [2.24, 2.45) is 0 Å². The van der Waals surface area contributed by atoms with Gasteiger partial charge in [0, 0.05) is 6.42 Å². The minimum atomic E-state index is -0.286. The summed E-state index contributed by atoms with van der Waals surface area (Å²) in [5.74, 6) is -0.286. The van der Waals surface area contributed by atoms with E-state index in [4.69, 9.17) is 9.47 Å². The van der Waals surface area contributed by atoms with E-state index >= 15 is 0 Å². The van der Waals surface area contributed by atoms with Crippen molar-refractivity contribution >= 4 is 0 Å². The summed E-state index contributed by atoms with van der Waals surface area (Å²) in [7, 11) is 0. The van der Waals surface area contributed by atoms with Gasteiger partial charge in [-0.2, -0.15) is 0 Å². The molecule has 86 valence electrons. The van der Waals surface area contributed by atoms with Crippen molar-refractivity contribution in [3.05, 3.63) is 0 Å². The van der Waals surface area contributed by atoms with Crippen molar-refractivity contribution in [3.8, 4) is 0 Å². The van der Waals surface area contributed by atoms with E-state index in [9.17, 15) is 0 Å². The van der Waals surface area contributed by atoms with Crippen molar-refractivity contribution < 1.29 is 9.47 Å². The first-order valence-electron chi connectivity index (χ1n) is 5.47. The van der Waals surface area contributed by atoms with Gasteiger partial charge < -0.3 is 9.47 Å². The van der Waals surface area contributed by atoms with Crippen LogP contribution in [-0.4, -0.2) is 18.0 Å². The third-order valence-electron chi connectivity index (χ3n) is 2.67. The van der Waals surface area contributed by atoms with Crippen LogP contribution in [-0.2, 0) is 9.47 Å². The van der Waals surface area contributed by atoms with Gasteiger partial charge >= 0.3 is 0 Å². The smallest absolute Gasteiger partial charge is 0.168 e. The SMILES string of the molecule is C.CCCC1(CC)OC(C)CC(C)O1. The van der Waals surface area contributed by atoms with E-state index in [1.807, 2.05) is 0 Å². The van der Waals surface area contributed by atoms with Gasteiger partial charge in [-0.25, -0.2) is 0 Å². The lowest BCUT2D eigenvalue weighted by Gasteiger charge is -2.42. The molecular weight excluding hydrogens is 176 g/mol. The second kappa shape index (κ2) is 5.72. The fraction of sp³-hybridized carbons (Fsp3) is 1.00. The number of hydrogen-bond acceptors (Lipinski definition) is 2. The standard InChI is InChI=1S/C11H22O2.CH4/c1-5-7-11(6-2)12-9(3)8-10(4)13-11;/h9-10H,5-8H2,1-4H3;1H4. The molecule has 0 aliphatic carbocycles. The molecule has 1 aliphatic heterocycles. The van der Waals surface area contributed by atoms with Gasteiger partial charge in [-0.15, -0.1) is 0 Å². The molecule has 2 heteroatoms. The molecular formula is C12H26O2. The Balaban J connectivity index is 0.00000169. The second-order valence-electron chi connectivity index (χ2n) is 4.11. The van der Waals surface area contributed by atoms with Crippen LogP contribution >= 0.6 is 0 Å². The maximum atomic E-state index is 5.91. The average Bonchev–Trinajstić information content (AvgIpc) is 2.03. The Labute approximate surface area is 89.0 Å². The van der Waals surface area contributed by atoms with Crippen LogP contribution in [0.25, 0.3) is 0 Å². The predicted molar refractivity (Wildman–Crippen MR) is 60.4 cm³/mol. The molecule has 0 amide bonds. The highest BCUT2D eigenvalue weighted by molar-refractivity contribution is 4.77. The van der Waals surface area contributed by atoms with Crippen molar-refractivity contribution in [2.45, 2.75) is 78.8 Å². The molecule has 0 aromatic heterocycles. The Morgan fingerprint density at radius 1 is 1.14 bits per heavy atom. The number of hydrogen-bond donors (Lipinski definition) is 0. The van der Waals surface area contributed by atoms with E-state index in [1.54, 1.807) is 0 Å². The Morgan fingerprint density at radius 3 is 2.00 bits per heavy atom. The normalized spacial score (nSPS) is 37.7. The first-order chi connectivity index (χ1) is 6.12. The summed E-state index contributed by atoms with van der Waals surface area (Å²) in [6.07, 6.45) is 4.79. The molecule has 1 aliphatic rings. The van der Waals surface area contributed by atoms with Gasteiger partial charge in [0.25, 0.3) is 0 Å². The van der Waals surface area contributed by atoms with E-state index in [2.05, 4.69) is 27.7 Å². The second-order valence-corrected chi connectivity index (χ2v) is 4.11. The molecule has 2 unspecified atom stereocenters. The van der Waals surface area contributed by atoms with E-state index < -0.39 is 0 Å². The summed E-state index contributed by atoms with van der Waals surface area (Å²) in [6.45, 7) is 8.59. The average molecular weight is 202 g/mol. The summed E-state index contributed by atoms with van der Waals surface area (Å²) < 4.78 is 11.8. The van der Waals surface area contributed by atoms with Gasteiger partial charge in [0.15, 0.2) is 5.79 Å². The molecule has 0 radical (unpaired) electrons. The summed E-state index contributed by atoms with van der Waals surface area (Å²) in [4.78, 5) is 0. The van der Waals surface area contributed by atoms with Gasteiger partial charge in [-0.05, 0) is 26.7 Å². The van der Waals surface area contributed by atoms with Crippen LogP contribution in [0.15, 0.2) is 0 Å². The number of rotatable bonds is 3. The first kappa shape index (κ1) is 13.9. The summed E-state index contributed by atoms with van der Waals surface area (Å²) >= 11 is 0. The lowest BCUT2D eigenvalue weighted by Crippen LogP contribution is -2.46. The molecule has 0 bridgehead atoms. The highest BCUT2D eigenvalue weighted by atomic mass is 16.7. The largest absolute Gasteiger partial charge is 0.347 e. The van der Waals surface area contributed by atoms with Crippen LogP contribution < -0.4 is 0 Å². The molecule has 0 spiro atoms. The topological polar surface area (TPSA) is 18.5 Å². The molecule has 1 rings (SSSR count). The van der Waals surface area contributed by atoms with Gasteiger partial charge in [0.05, 0.1) is 12.2 Å². The molecule has 0 N–H and O–H groups in total. The third kappa shape index (κ3) is 3.25. The van der Waals surface area contributed by atoms with Crippen molar-refractivity contribution in [1.29, 1.82) is 0 Å². The van der Waals surface area contributed by atoms with Crippen LogP contribution in [0, 0.1) is 0 Å². The zero-order chi connectivity index (χ0) is 9.90. The van der Waals surface area contributed by atoms with Crippen LogP contribution in [0.1, 0.15) is 60.8 Å². The first-order valence-corrected chi connectivity index (χ1v) is 5.47. The molecule has 0 aromatic rings. The zero-order valence-electron chi connectivity index (χ0n) is 9.30. The van der Waals surface area contributed by atoms with Gasteiger partial charge in [-0.3, -0.25) is 0 Å². The lowest BCUT2D eigenvalue weighted by molar-refractivity contribution is -0.315. The molecule has 14 heavy (non-hydrogen) atoms. The molecule has 2 nitrogen and oxygen atoms in total. The van der Waals surface area contributed by atoms with E-state index in [1.165, 1.54) is 0 Å². The highest BCUT2D eigenvalue weighted by Crippen LogP contribution is 2.33. The molecule has 1 heterocycles. The summed E-state index contributed by atoms with van der Waals surface area (Å²) in [5.41, 5.74) is 0. The summed E-state index contributed by atoms with van der Waals surface area (Å²) in [5, 5.41) is 0. The van der Waals surface area contributed by atoms with Crippen LogP contribution in [0.5, 0.6) is 0 Å². The molecule has 2 atom stereocenters. The summed E-state index contributed by atoms with van der Waals surface area (Å²) in [6, 6.07) is 0. The predicted octanol–water partition coefficient (Wildman–Crippen LogP) is 3.74. The van der Waals surface area contributed by atoms with Crippen LogP contribution in [0.3, 0.4) is 0 Å². The van der Waals surface area contributed by atoms with E-state index in [-0.39, 0.29) is 13.2 Å². The molecule has 0 saturated carbocycles. The lowest BCUT2D eigenvalue weighted by atomic mass is 10.0. The fourth-order valence-corrected chi connectivity index (χ4v) is 2.17. The Hall–Kier alpha value is -0.0800. The van der Waals surface area contributed by atoms with Gasteiger partial charge in [0.1, 0.15) is 0 Å². The van der Waals surface area contributed by atoms with Crippen LogP contribution in [0.4, 0.5) is 0 Å². The minimum Gasteiger partial charge on any atom is -0.347 e. The Bertz CT molecular complexity index is 146. The number of ether oxygens (including phenoxy) is 2. The van der Waals surface area contributed by atoms with Gasteiger partial charge in [-0.1, -0.05) is 27.7 Å². The van der Waals surface area contributed by atoms with Crippen molar-refractivity contribution in [1.82, 2.24) is 0 Å². The van der Waals surface area contributed by atoms with Crippen molar-refractivity contribution in [3.63, 3.8) is 0 Å². The maximum absolute atomic E-state index is 5.91. The minimum absolute atomic E-state index is 0. The van der Waals surface area contributed by atoms with Crippen LogP contribution in [0.2, 0.25) is 0 Å². The zero-order valence-corrected chi connectivity index (χ0v) is 9.30. The Morgan fingerprint density at radius 2 is 1.64 bits per heavy atom. The highest BCUT2D eigenvalue weighted by Gasteiger charge is 2.37. The molecule has 0 aromatic carbocycles. The van der Waals surface area contributed by atoms with E-state index in [0.29, 0.717) is 12.2 Å². The monoisotopic (exact) mass is 202 g/mol. The third-order valence-corrected chi connectivity index (χ3v) is 2.67. The van der Waals surface area contributed by atoms with E-state index in [0.717, 1.165) is 25.7 Å².